The summed E-state index contributed by atoms with van der Waals surface area (Å²) in [6.45, 7) is 8.53. The zero-order chi connectivity index (χ0) is 44.9. The van der Waals surface area contributed by atoms with Gasteiger partial charge in [0.05, 0.1) is 38.6 Å². The van der Waals surface area contributed by atoms with Crippen LogP contribution in [0.3, 0.4) is 0 Å². The number of ether oxygens (including phenoxy) is 8. The first-order chi connectivity index (χ1) is 29.9. The highest BCUT2D eigenvalue weighted by molar-refractivity contribution is 5.15. The maximum absolute atomic E-state index is 11.6. The van der Waals surface area contributed by atoms with Crippen LogP contribution in [0.4, 0.5) is 0 Å². The lowest BCUT2D eigenvalue weighted by molar-refractivity contribution is -0.378. The van der Waals surface area contributed by atoms with E-state index < -0.39 is 118 Å². The predicted molar refractivity (Wildman–Crippen MR) is 216 cm³/mol. The van der Waals surface area contributed by atoms with E-state index in [0.29, 0.717) is 54.3 Å². The Kier molecular flexibility index (Phi) is 13.5. The first kappa shape index (κ1) is 47.4. The number of fused-ring (bicyclic) bond motifs is 7. The fourth-order valence-electron chi connectivity index (χ4n) is 14.6. The lowest BCUT2D eigenvalue weighted by Crippen LogP contribution is -2.65. The Morgan fingerprint density at radius 2 is 1.22 bits per heavy atom. The van der Waals surface area contributed by atoms with Gasteiger partial charge in [-0.1, -0.05) is 27.7 Å². The SMILES string of the molecule is C[C@@H]1CC[C@@]2(OC1)O[C@H]1C[C@H]3[C@@H]4CC[C@@H]5C[C@@H](O[C@@H]6O[C@H](CO[C@@H]7O[C@H](CO)[C@H](O)[C@H](O)[C@H]7O)[C@H](O)[C@H](O)[C@H]6O[C@@H]6O[C@H](CO)[C@H](O)[C@H](O)[C@H]6O)CC[C@]5(C)[C@H]4CC[C@]3(C)[C@H]1[C@@H]2C. The molecule has 9 rings (SSSR count). The van der Waals surface area contributed by atoms with Crippen LogP contribution in [0, 0.1) is 52.3 Å². The Morgan fingerprint density at radius 3 is 1.89 bits per heavy atom. The van der Waals surface area contributed by atoms with Crippen molar-refractivity contribution in [3.05, 3.63) is 0 Å². The van der Waals surface area contributed by atoms with E-state index in [-0.39, 0.29) is 23.0 Å². The van der Waals surface area contributed by atoms with Crippen molar-refractivity contribution in [1.82, 2.24) is 0 Å². The minimum Gasteiger partial charge on any atom is -0.394 e. The van der Waals surface area contributed by atoms with Crippen molar-refractivity contribution in [3.63, 3.8) is 0 Å². The minimum absolute atomic E-state index is 0.0786. The first-order valence-electron chi connectivity index (χ1n) is 23.8. The fourth-order valence-corrected chi connectivity index (χ4v) is 14.6. The summed E-state index contributed by atoms with van der Waals surface area (Å²) in [7, 11) is 0. The highest BCUT2D eigenvalue weighted by Crippen LogP contribution is 2.71. The van der Waals surface area contributed by atoms with E-state index in [0.717, 1.165) is 51.6 Å². The maximum atomic E-state index is 11.6. The topological polar surface area (TPSA) is 276 Å². The monoisotopic (exact) mass is 902 g/mol. The molecule has 5 heterocycles. The summed E-state index contributed by atoms with van der Waals surface area (Å²) in [4.78, 5) is 0. The third kappa shape index (κ3) is 7.98. The van der Waals surface area contributed by atoms with Gasteiger partial charge in [-0.3, -0.25) is 0 Å². The van der Waals surface area contributed by atoms with Crippen LogP contribution in [0.2, 0.25) is 0 Å². The molecule has 5 aliphatic heterocycles. The van der Waals surface area contributed by atoms with E-state index in [1.807, 2.05) is 0 Å². The summed E-state index contributed by atoms with van der Waals surface area (Å²) in [6.07, 6.45) is -13.8. The molecule has 0 aromatic heterocycles. The molecule has 0 bridgehead atoms. The van der Waals surface area contributed by atoms with Gasteiger partial charge < -0.3 is 89.0 Å². The highest BCUT2D eigenvalue weighted by Gasteiger charge is 2.69. The first-order valence-corrected chi connectivity index (χ1v) is 23.8. The molecule has 0 unspecified atom stereocenters. The largest absolute Gasteiger partial charge is 0.394 e. The average molecular weight is 903 g/mol. The Balaban J connectivity index is 0.889. The number of hydrogen-bond acceptors (Lipinski definition) is 18. The normalized spacial score (nSPS) is 58.2. The van der Waals surface area contributed by atoms with Crippen molar-refractivity contribution >= 4 is 0 Å². The second-order valence-electron chi connectivity index (χ2n) is 21.6. The van der Waals surface area contributed by atoms with Crippen LogP contribution in [0.25, 0.3) is 0 Å². The molecule has 18 heteroatoms. The van der Waals surface area contributed by atoms with Crippen LogP contribution in [0.15, 0.2) is 0 Å². The lowest BCUT2D eigenvalue weighted by atomic mass is 9.44. The van der Waals surface area contributed by atoms with E-state index >= 15 is 0 Å². The van der Waals surface area contributed by atoms with Gasteiger partial charge in [-0.05, 0) is 104 Å². The number of rotatable bonds is 9. The third-order valence-corrected chi connectivity index (χ3v) is 18.3. The van der Waals surface area contributed by atoms with Gasteiger partial charge in [0.15, 0.2) is 24.7 Å². The molecule has 5 saturated heterocycles. The van der Waals surface area contributed by atoms with Crippen LogP contribution >= 0.6 is 0 Å². The minimum atomic E-state index is -1.80. The molecule has 18 nitrogen and oxygen atoms in total. The summed E-state index contributed by atoms with van der Waals surface area (Å²) in [5, 5.41) is 105. The smallest absolute Gasteiger partial charge is 0.187 e. The van der Waals surface area contributed by atoms with Gasteiger partial charge >= 0.3 is 0 Å². The van der Waals surface area contributed by atoms with Gasteiger partial charge in [0.25, 0.3) is 0 Å². The molecule has 4 saturated carbocycles. The van der Waals surface area contributed by atoms with E-state index in [1.54, 1.807) is 0 Å². The Morgan fingerprint density at radius 1 is 0.587 bits per heavy atom. The summed E-state index contributed by atoms with van der Waals surface area (Å²) in [5.74, 6) is 3.05. The zero-order valence-electron chi connectivity index (χ0n) is 37.0. The van der Waals surface area contributed by atoms with Gasteiger partial charge in [0.2, 0.25) is 0 Å². The molecular weight excluding hydrogens is 828 g/mol. The molecule has 0 aromatic carbocycles. The van der Waals surface area contributed by atoms with E-state index in [1.165, 1.54) is 6.42 Å². The van der Waals surface area contributed by atoms with Gasteiger partial charge in [-0.25, -0.2) is 0 Å². The van der Waals surface area contributed by atoms with E-state index in [2.05, 4.69) is 27.7 Å². The van der Waals surface area contributed by atoms with Crippen LogP contribution in [-0.4, -0.2) is 188 Å². The van der Waals surface area contributed by atoms with E-state index in [4.69, 9.17) is 37.9 Å². The molecule has 362 valence electrons. The molecular formula is C45H74O18. The molecule has 0 radical (unpaired) electrons. The van der Waals surface area contributed by atoms with Crippen molar-refractivity contribution in [2.75, 3.05) is 26.4 Å². The van der Waals surface area contributed by atoms with Crippen molar-refractivity contribution < 1.29 is 89.0 Å². The second-order valence-corrected chi connectivity index (χ2v) is 21.6. The zero-order valence-corrected chi connectivity index (χ0v) is 37.0. The Bertz CT molecular complexity index is 1560. The summed E-state index contributed by atoms with van der Waals surface area (Å²) >= 11 is 0. The van der Waals surface area contributed by atoms with Crippen molar-refractivity contribution in [2.24, 2.45) is 52.3 Å². The summed E-state index contributed by atoms with van der Waals surface area (Å²) in [5.41, 5.74) is 0.280. The number of aliphatic hydroxyl groups is 10. The Hall–Kier alpha value is -0.720. The van der Waals surface area contributed by atoms with Crippen LogP contribution in [-0.2, 0) is 37.9 Å². The van der Waals surface area contributed by atoms with Crippen LogP contribution in [0.5, 0.6) is 0 Å². The lowest BCUT2D eigenvalue weighted by Gasteiger charge is -2.61. The molecule has 10 N–H and O–H groups in total. The predicted octanol–water partition coefficient (Wildman–Crippen LogP) is -0.734. The fraction of sp³-hybridized carbons (Fsp3) is 1.00. The van der Waals surface area contributed by atoms with Crippen molar-refractivity contribution in [2.45, 2.75) is 202 Å². The molecule has 0 aromatic rings. The van der Waals surface area contributed by atoms with Crippen molar-refractivity contribution in [1.29, 1.82) is 0 Å². The number of hydrogen-bond donors (Lipinski definition) is 10. The third-order valence-electron chi connectivity index (χ3n) is 18.3. The molecule has 9 fully saturated rings. The molecule has 9 aliphatic rings. The van der Waals surface area contributed by atoms with Crippen LogP contribution < -0.4 is 0 Å². The second kappa shape index (κ2) is 18.0. The summed E-state index contributed by atoms with van der Waals surface area (Å²) < 4.78 is 49.4. The van der Waals surface area contributed by atoms with E-state index in [9.17, 15) is 51.1 Å². The van der Waals surface area contributed by atoms with Gasteiger partial charge in [-0.2, -0.15) is 0 Å². The molecule has 1 spiro atoms. The maximum Gasteiger partial charge on any atom is 0.187 e. The van der Waals surface area contributed by atoms with Gasteiger partial charge in [0.1, 0.15) is 73.2 Å². The molecule has 4 aliphatic carbocycles. The standard InChI is InChI=1S/C45H74O18/c1-19-7-12-45(57-17-19)20(2)30-26(63-45)14-25-23-6-5-21-13-22(8-10-43(21,3)24(23)9-11-44(25,30)4)58-42-39(62-41-38(55)35(52)32(49)28(16-47)60-41)36(53)33(50)29(61-42)18-56-40-37(54)34(51)31(48)27(15-46)59-40/h19-42,46-55H,5-18H2,1-4H3/t19-,20+,21-,22+,23-,24+,25+,26+,27-,28-,29-,30+,31+,32+,33+,34+,35+,36+,37-,38-,39-,40-,41+,42-,43+,44+,45-/m1/s1. The van der Waals surface area contributed by atoms with Gasteiger partial charge in [0, 0.05) is 12.3 Å². The van der Waals surface area contributed by atoms with Crippen LogP contribution in [0.1, 0.15) is 91.9 Å². The quantitative estimate of drug-likeness (QED) is 0.128. The van der Waals surface area contributed by atoms with Crippen molar-refractivity contribution in [3.8, 4) is 0 Å². The number of aliphatic hydroxyl groups excluding tert-OH is 10. The average Bonchev–Trinajstić information content (AvgIpc) is 3.72. The van der Waals surface area contributed by atoms with Gasteiger partial charge in [-0.15, -0.1) is 0 Å². The highest BCUT2D eigenvalue weighted by atomic mass is 16.8. The summed E-state index contributed by atoms with van der Waals surface area (Å²) in [6, 6.07) is 0. The Labute approximate surface area is 369 Å². The molecule has 27 atom stereocenters. The molecule has 0 amide bonds. The molecule has 63 heavy (non-hydrogen) atoms.